The van der Waals surface area contributed by atoms with Crippen LogP contribution in [-0.4, -0.2) is 10.8 Å². The van der Waals surface area contributed by atoms with E-state index in [-0.39, 0.29) is 17.8 Å². The molecule has 0 saturated heterocycles. The molecule has 0 spiro atoms. The van der Waals surface area contributed by atoms with Crippen LogP contribution in [0.1, 0.15) is 15.9 Å². The van der Waals surface area contributed by atoms with Crippen LogP contribution in [0.2, 0.25) is 0 Å². The van der Waals surface area contributed by atoms with Crippen LogP contribution in [0, 0.1) is 10.1 Å². The number of benzene rings is 2. The van der Waals surface area contributed by atoms with E-state index in [0.29, 0.717) is 5.56 Å². The van der Waals surface area contributed by atoms with Gasteiger partial charge in [-0.3, -0.25) is 14.9 Å². The third kappa shape index (κ3) is 3.79. The third-order valence-electron chi connectivity index (χ3n) is 2.89. The molecule has 0 heterocycles. The van der Waals surface area contributed by atoms with Crippen LogP contribution in [-0.2, 0) is 6.54 Å². The van der Waals surface area contributed by atoms with Crippen LogP contribution >= 0.6 is 15.9 Å². The fraction of sp³-hybridized carbons (Fsp3) is 0.0714. The first-order valence-electron chi connectivity index (χ1n) is 6.04. The van der Waals surface area contributed by atoms with Gasteiger partial charge in [-0.05, 0) is 36.4 Å². The molecule has 0 saturated carbocycles. The lowest BCUT2D eigenvalue weighted by molar-refractivity contribution is -0.385. The van der Waals surface area contributed by atoms with Crippen LogP contribution in [0.25, 0.3) is 0 Å². The average Bonchev–Trinajstić information content (AvgIpc) is 2.46. The first-order valence-corrected chi connectivity index (χ1v) is 6.83. The Morgan fingerprint density at radius 3 is 2.48 bits per heavy atom. The van der Waals surface area contributed by atoms with E-state index in [2.05, 4.69) is 21.2 Å². The molecule has 2 aromatic rings. The monoisotopic (exact) mass is 349 g/mol. The molecule has 21 heavy (non-hydrogen) atoms. The maximum Gasteiger partial charge on any atom is 0.275 e. The zero-order valence-corrected chi connectivity index (χ0v) is 12.5. The fourth-order valence-electron chi connectivity index (χ4n) is 1.80. The Morgan fingerprint density at radius 2 is 1.90 bits per heavy atom. The number of nitro groups is 1. The number of nitrogens with two attached hydrogens (primary N) is 1. The van der Waals surface area contributed by atoms with Crippen molar-refractivity contribution in [2.45, 2.75) is 6.54 Å². The molecule has 6 nitrogen and oxygen atoms in total. The number of amides is 1. The lowest BCUT2D eigenvalue weighted by Crippen LogP contribution is -2.12. The van der Waals surface area contributed by atoms with Crippen LogP contribution in [0.4, 0.5) is 11.4 Å². The zero-order valence-electron chi connectivity index (χ0n) is 10.9. The Labute approximate surface area is 129 Å². The number of hydrogen-bond acceptors (Lipinski definition) is 4. The van der Waals surface area contributed by atoms with E-state index >= 15 is 0 Å². The molecule has 7 heteroatoms. The first-order chi connectivity index (χ1) is 9.97. The molecular weight excluding hydrogens is 338 g/mol. The van der Waals surface area contributed by atoms with E-state index in [4.69, 9.17) is 5.73 Å². The van der Waals surface area contributed by atoms with Gasteiger partial charge in [0.05, 0.1) is 4.92 Å². The zero-order chi connectivity index (χ0) is 15.4. The second-order valence-corrected chi connectivity index (χ2v) is 5.24. The number of anilines is 1. The van der Waals surface area contributed by atoms with Gasteiger partial charge in [0, 0.05) is 33.9 Å². The molecule has 2 aromatic carbocycles. The maximum absolute atomic E-state index is 11.1. The quantitative estimate of drug-likeness (QED) is 0.640. The fourth-order valence-corrected chi connectivity index (χ4v) is 2.07. The summed E-state index contributed by atoms with van der Waals surface area (Å²) >= 11 is 3.33. The Bertz CT molecular complexity index is 686. The Hall–Kier alpha value is -2.41. The summed E-state index contributed by atoms with van der Waals surface area (Å²) in [5, 5.41) is 14.2. The van der Waals surface area contributed by atoms with E-state index < -0.39 is 10.8 Å². The van der Waals surface area contributed by atoms with Gasteiger partial charge in [0.2, 0.25) is 5.91 Å². The molecule has 0 aliphatic heterocycles. The molecule has 0 fully saturated rings. The first kappa shape index (κ1) is 15.0. The van der Waals surface area contributed by atoms with Gasteiger partial charge in [0.25, 0.3) is 5.69 Å². The van der Waals surface area contributed by atoms with Crippen molar-refractivity contribution in [3.05, 3.63) is 68.2 Å². The summed E-state index contributed by atoms with van der Waals surface area (Å²) in [6, 6.07) is 11.7. The average molecular weight is 350 g/mol. The van der Waals surface area contributed by atoms with Crippen molar-refractivity contribution in [2.75, 3.05) is 5.32 Å². The van der Waals surface area contributed by atoms with Gasteiger partial charge >= 0.3 is 0 Å². The molecule has 3 N–H and O–H groups in total. The molecule has 0 aliphatic rings. The Morgan fingerprint density at radius 1 is 1.24 bits per heavy atom. The minimum atomic E-state index is -0.689. The molecule has 0 aliphatic carbocycles. The molecular formula is C14H12BrN3O3. The largest absolute Gasteiger partial charge is 0.381 e. The topological polar surface area (TPSA) is 98.3 Å². The van der Waals surface area contributed by atoms with E-state index in [9.17, 15) is 14.9 Å². The number of halogens is 1. The predicted octanol–water partition coefficient (Wildman–Crippen LogP) is 3.07. The van der Waals surface area contributed by atoms with Crippen LogP contribution < -0.4 is 11.1 Å². The minimum absolute atomic E-state index is 0.120. The minimum Gasteiger partial charge on any atom is -0.381 e. The number of nitrogens with zero attached hydrogens (tertiary/aromatic N) is 1. The van der Waals surface area contributed by atoms with Gasteiger partial charge in [-0.2, -0.15) is 0 Å². The number of hydrogen-bond donors (Lipinski definition) is 2. The van der Waals surface area contributed by atoms with Gasteiger partial charge in [-0.15, -0.1) is 0 Å². The Balaban J connectivity index is 2.21. The molecule has 0 atom stereocenters. The van der Waals surface area contributed by atoms with Gasteiger partial charge in [-0.25, -0.2) is 0 Å². The number of primary amides is 1. The summed E-state index contributed by atoms with van der Waals surface area (Å²) in [5.74, 6) is -0.689. The predicted molar refractivity (Wildman–Crippen MR) is 83.1 cm³/mol. The summed E-state index contributed by atoms with van der Waals surface area (Å²) in [7, 11) is 0. The summed E-state index contributed by atoms with van der Waals surface area (Å²) in [6.45, 7) is 0.275. The number of nitro benzene ring substituents is 1. The standard InChI is InChI=1S/C14H12BrN3O3/c15-11-3-5-12(6-4-11)17-8-10-2-1-9(14(16)19)7-13(10)18(20)21/h1-7,17H,8H2,(H2,16,19). The smallest absolute Gasteiger partial charge is 0.275 e. The highest BCUT2D eigenvalue weighted by Crippen LogP contribution is 2.22. The van der Waals surface area contributed by atoms with E-state index in [0.717, 1.165) is 10.2 Å². The van der Waals surface area contributed by atoms with Crippen molar-refractivity contribution in [2.24, 2.45) is 5.73 Å². The highest BCUT2D eigenvalue weighted by Gasteiger charge is 2.16. The van der Waals surface area contributed by atoms with E-state index in [1.165, 1.54) is 18.2 Å². The summed E-state index contributed by atoms with van der Waals surface area (Å²) < 4.78 is 0.949. The molecule has 2 rings (SSSR count). The van der Waals surface area contributed by atoms with Crippen LogP contribution in [0.3, 0.4) is 0 Å². The summed E-state index contributed by atoms with van der Waals surface area (Å²) in [6.07, 6.45) is 0. The number of carbonyl (C=O) groups is 1. The molecule has 0 radical (unpaired) electrons. The highest BCUT2D eigenvalue weighted by molar-refractivity contribution is 9.10. The number of nitrogens with one attached hydrogen (secondary N) is 1. The van der Waals surface area contributed by atoms with Crippen LogP contribution in [0.15, 0.2) is 46.9 Å². The lowest BCUT2D eigenvalue weighted by Gasteiger charge is -2.08. The van der Waals surface area contributed by atoms with Crippen molar-refractivity contribution < 1.29 is 9.72 Å². The second-order valence-electron chi connectivity index (χ2n) is 4.33. The highest BCUT2D eigenvalue weighted by atomic mass is 79.9. The van der Waals surface area contributed by atoms with Crippen molar-refractivity contribution in [3.8, 4) is 0 Å². The van der Waals surface area contributed by atoms with Crippen molar-refractivity contribution in [1.29, 1.82) is 0 Å². The maximum atomic E-state index is 11.1. The van der Waals surface area contributed by atoms with Gasteiger partial charge in [-0.1, -0.05) is 15.9 Å². The van der Waals surface area contributed by atoms with Gasteiger partial charge < -0.3 is 11.1 Å². The lowest BCUT2D eigenvalue weighted by atomic mass is 10.1. The molecule has 0 bridgehead atoms. The van der Waals surface area contributed by atoms with Crippen molar-refractivity contribution in [1.82, 2.24) is 0 Å². The summed E-state index contributed by atoms with van der Waals surface area (Å²) in [5.41, 5.74) is 6.44. The van der Waals surface area contributed by atoms with E-state index in [1.807, 2.05) is 24.3 Å². The molecule has 1 amide bonds. The SMILES string of the molecule is NC(=O)c1ccc(CNc2ccc(Br)cc2)c([N+](=O)[O-])c1. The molecule has 0 aromatic heterocycles. The van der Waals surface area contributed by atoms with Gasteiger partial charge in [0.1, 0.15) is 0 Å². The van der Waals surface area contributed by atoms with Gasteiger partial charge in [0.15, 0.2) is 0 Å². The van der Waals surface area contributed by atoms with Crippen LogP contribution in [0.5, 0.6) is 0 Å². The normalized spacial score (nSPS) is 10.1. The Kier molecular flexibility index (Phi) is 4.54. The van der Waals surface area contributed by atoms with Crippen molar-refractivity contribution in [3.63, 3.8) is 0 Å². The summed E-state index contributed by atoms with van der Waals surface area (Å²) in [4.78, 5) is 21.6. The molecule has 0 unspecified atom stereocenters. The number of carbonyl (C=O) groups excluding carboxylic acids is 1. The second kappa shape index (κ2) is 6.36. The van der Waals surface area contributed by atoms with E-state index in [1.54, 1.807) is 0 Å². The molecule has 108 valence electrons. The third-order valence-corrected chi connectivity index (χ3v) is 3.42. The van der Waals surface area contributed by atoms with Crippen molar-refractivity contribution >= 4 is 33.2 Å². The number of rotatable bonds is 5.